The summed E-state index contributed by atoms with van der Waals surface area (Å²) in [6.07, 6.45) is -1.57. The largest absolute Gasteiger partial charge is 0.417 e. The summed E-state index contributed by atoms with van der Waals surface area (Å²) in [4.78, 5) is 31.9. The molecule has 3 aliphatic rings. The molecule has 3 amide bonds. The van der Waals surface area contributed by atoms with E-state index in [0.717, 1.165) is 12.3 Å². The third-order valence-corrected chi connectivity index (χ3v) is 5.89. The number of carbonyl (C=O) groups is 2. The summed E-state index contributed by atoms with van der Waals surface area (Å²) in [5, 5.41) is 2.89. The molecule has 3 fully saturated rings. The normalized spacial score (nSPS) is 26.1. The van der Waals surface area contributed by atoms with Crippen LogP contribution in [0.1, 0.15) is 36.4 Å². The minimum Gasteiger partial charge on any atom is -0.366 e. The lowest BCUT2D eigenvalue weighted by Crippen LogP contribution is -2.62. The van der Waals surface area contributed by atoms with Gasteiger partial charge < -0.3 is 19.9 Å². The molecule has 10 heteroatoms. The Kier molecular flexibility index (Phi) is 5.37. The molecule has 0 aliphatic carbocycles. The minimum absolute atomic E-state index is 0.0399. The number of hydrogen-bond acceptors (Lipinski definition) is 4. The molecular formula is C19H23F3N4O3. The van der Waals surface area contributed by atoms with Gasteiger partial charge in [-0.05, 0) is 31.4 Å². The van der Waals surface area contributed by atoms with Crippen molar-refractivity contribution in [3.63, 3.8) is 0 Å². The van der Waals surface area contributed by atoms with E-state index in [1.165, 1.54) is 6.07 Å². The molecule has 1 aromatic rings. The van der Waals surface area contributed by atoms with Gasteiger partial charge in [0.1, 0.15) is 6.61 Å². The molecule has 0 aromatic carbocycles. The molecule has 4 rings (SSSR count). The van der Waals surface area contributed by atoms with Crippen molar-refractivity contribution >= 4 is 11.9 Å². The molecule has 0 unspecified atom stereocenters. The summed E-state index contributed by atoms with van der Waals surface area (Å²) in [6.45, 7) is 2.13. The highest BCUT2D eigenvalue weighted by molar-refractivity contribution is 5.79. The van der Waals surface area contributed by atoms with Crippen molar-refractivity contribution in [3.8, 4) is 0 Å². The van der Waals surface area contributed by atoms with Gasteiger partial charge in [-0.2, -0.15) is 13.2 Å². The van der Waals surface area contributed by atoms with Crippen LogP contribution in [0, 0.1) is 0 Å². The van der Waals surface area contributed by atoms with E-state index < -0.39 is 11.7 Å². The van der Waals surface area contributed by atoms with Crippen molar-refractivity contribution in [1.82, 2.24) is 20.1 Å². The molecule has 3 aliphatic heterocycles. The molecular weight excluding hydrogens is 389 g/mol. The van der Waals surface area contributed by atoms with Crippen molar-refractivity contribution in [3.05, 3.63) is 29.6 Å². The van der Waals surface area contributed by atoms with Gasteiger partial charge in [-0.1, -0.05) is 0 Å². The molecule has 1 aromatic heterocycles. The predicted molar refractivity (Wildman–Crippen MR) is 96.0 cm³/mol. The standard InChI is InChI=1S/C19H23F3N4O3/c20-19(21,22)13-1-2-14(23-9-13)12-3-6-25(7-4-12)18(28)26-8-5-16-15(10-26)24-17(27)11-29-16/h1-2,9,12,15-16H,3-8,10-11H2,(H,24,27)/t15-,16+/m1/s1. The smallest absolute Gasteiger partial charge is 0.366 e. The number of hydrogen-bond donors (Lipinski definition) is 1. The van der Waals surface area contributed by atoms with Crippen LogP contribution in [0.2, 0.25) is 0 Å². The summed E-state index contributed by atoms with van der Waals surface area (Å²) in [5.74, 6) is -0.122. The van der Waals surface area contributed by atoms with Gasteiger partial charge in [0.05, 0.1) is 17.7 Å². The summed E-state index contributed by atoms with van der Waals surface area (Å²) in [7, 11) is 0. The summed E-state index contributed by atoms with van der Waals surface area (Å²) < 4.78 is 43.6. The highest BCUT2D eigenvalue weighted by Gasteiger charge is 2.38. The molecule has 0 bridgehead atoms. The fraction of sp³-hybridized carbons (Fsp3) is 0.632. The Hall–Kier alpha value is -2.36. The van der Waals surface area contributed by atoms with E-state index in [0.29, 0.717) is 51.1 Å². The first-order valence-corrected chi connectivity index (χ1v) is 9.79. The Bertz CT molecular complexity index is 763. The lowest BCUT2D eigenvalue weighted by Gasteiger charge is -2.43. The van der Waals surface area contributed by atoms with Gasteiger partial charge in [-0.15, -0.1) is 0 Å². The second-order valence-electron chi connectivity index (χ2n) is 7.77. The third-order valence-electron chi connectivity index (χ3n) is 5.89. The number of carbonyl (C=O) groups excluding carboxylic acids is 2. The third kappa shape index (κ3) is 4.31. The number of urea groups is 1. The van der Waals surface area contributed by atoms with Crippen LogP contribution in [0.3, 0.4) is 0 Å². The maximum atomic E-state index is 12.9. The molecule has 0 radical (unpaired) electrons. The van der Waals surface area contributed by atoms with Gasteiger partial charge in [0.25, 0.3) is 0 Å². The van der Waals surface area contributed by atoms with E-state index >= 15 is 0 Å². The zero-order valence-electron chi connectivity index (χ0n) is 15.8. The number of amides is 3. The molecule has 158 valence electrons. The van der Waals surface area contributed by atoms with Gasteiger partial charge in [-0.3, -0.25) is 9.78 Å². The summed E-state index contributed by atoms with van der Waals surface area (Å²) in [5.41, 5.74) is -0.121. The molecule has 29 heavy (non-hydrogen) atoms. The van der Waals surface area contributed by atoms with E-state index in [1.54, 1.807) is 9.80 Å². The number of morpholine rings is 1. The molecule has 0 spiro atoms. The number of likely N-dealkylation sites (tertiary alicyclic amines) is 2. The molecule has 2 atom stereocenters. The van der Waals surface area contributed by atoms with Crippen LogP contribution in [-0.4, -0.2) is 71.7 Å². The molecule has 1 N–H and O–H groups in total. The molecule has 7 nitrogen and oxygen atoms in total. The summed E-state index contributed by atoms with van der Waals surface area (Å²) >= 11 is 0. The minimum atomic E-state index is -4.39. The Morgan fingerprint density at radius 2 is 1.86 bits per heavy atom. The van der Waals surface area contributed by atoms with Crippen LogP contribution in [0.4, 0.5) is 18.0 Å². The fourth-order valence-electron chi connectivity index (χ4n) is 4.25. The van der Waals surface area contributed by atoms with Gasteiger partial charge in [0, 0.05) is 44.0 Å². The number of nitrogens with one attached hydrogen (secondary N) is 1. The predicted octanol–water partition coefficient (Wildman–Crippen LogP) is 1.99. The number of rotatable bonds is 1. The van der Waals surface area contributed by atoms with Crippen LogP contribution in [0.25, 0.3) is 0 Å². The first kappa shape index (κ1) is 19.9. The average molecular weight is 412 g/mol. The number of pyridine rings is 1. The first-order valence-electron chi connectivity index (χ1n) is 9.79. The second kappa shape index (κ2) is 7.81. The van der Waals surface area contributed by atoms with Crippen LogP contribution >= 0.6 is 0 Å². The van der Waals surface area contributed by atoms with Gasteiger partial charge in [-0.25, -0.2) is 4.79 Å². The van der Waals surface area contributed by atoms with Crippen molar-refractivity contribution in [1.29, 1.82) is 0 Å². The number of halogens is 3. The fourth-order valence-corrected chi connectivity index (χ4v) is 4.25. The monoisotopic (exact) mass is 412 g/mol. The van der Waals surface area contributed by atoms with Gasteiger partial charge >= 0.3 is 12.2 Å². The lowest BCUT2D eigenvalue weighted by molar-refractivity contribution is -0.140. The van der Waals surface area contributed by atoms with E-state index in [2.05, 4.69) is 10.3 Å². The van der Waals surface area contributed by atoms with Crippen LogP contribution in [0.5, 0.6) is 0 Å². The zero-order chi connectivity index (χ0) is 20.6. The maximum Gasteiger partial charge on any atom is 0.417 e. The number of nitrogens with zero attached hydrogens (tertiary/aromatic N) is 3. The number of alkyl halides is 3. The van der Waals surface area contributed by atoms with E-state index in [-0.39, 0.29) is 36.6 Å². The SMILES string of the molecule is O=C1CO[C@H]2CCN(C(=O)N3CCC(c4ccc(C(F)(F)F)cn4)CC3)C[C@H]2N1. The Morgan fingerprint density at radius 1 is 1.14 bits per heavy atom. The van der Waals surface area contributed by atoms with Gasteiger partial charge in [0.2, 0.25) is 5.91 Å². The number of ether oxygens (including phenoxy) is 1. The maximum absolute atomic E-state index is 12.9. The zero-order valence-corrected chi connectivity index (χ0v) is 15.8. The second-order valence-corrected chi connectivity index (χ2v) is 7.77. The molecule has 4 heterocycles. The topological polar surface area (TPSA) is 74.8 Å². The van der Waals surface area contributed by atoms with E-state index in [4.69, 9.17) is 4.74 Å². The summed E-state index contributed by atoms with van der Waals surface area (Å²) in [6, 6.07) is 2.25. The van der Waals surface area contributed by atoms with Crippen LogP contribution < -0.4 is 5.32 Å². The lowest BCUT2D eigenvalue weighted by atomic mass is 9.93. The van der Waals surface area contributed by atoms with E-state index in [1.807, 2.05) is 0 Å². The van der Waals surface area contributed by atoms with Crippen molar-refractivity contribution < 1.29 is 27.5 Å². The number of aromatic nitrogens is 1. The van der Waals surface area contributed by atoms with Crippen LogP contribution in [0.15, 0.2) is 18.3 Å². The highest BCUT2D eigenvalue weighted by Crippen LogP contribution is 2.32. The van der Waals surface area contributed by atoms with Crippen molar-refractivity contribution in [2.75, 3.05) is 32.8 Å². The van der Waals surface area contributed by atoms with Gasteiger partial charge in [0.15, 0.2) is 0 Å². The first-order chi connectivity index (χ1) is 13.8. The number of fused-ring (bicyclic) bond motifs is 1. The Labute approximate surface area is 166 Å². The number of piperidine rings is 2. The van der Waals surface area contributed by atoms with Crippen molar-refractivity contribution in [2.24, 2.45) is 0 Å². The van der Waals surface area contributed by atoms with Crippen molar-refractivity contribution in [2.45, 2.75) is 43.5 Å². The Morgan fingerprint density at radius 3 is 2.52 bits per heavy atom. The highest BCUT2D eigenvalue weighted by atomic mass is 19.4. The molecule has 3 saturated heterocycles. The van der Waals surface area contributed by atoms with E-state index in [9.17, 15) is 22.8 Å². The average Bonchev–Trinajstić information content (AvgIpc) is 2.72. The quantitative estimate of drug-likeness (QED) is 0.766. The Balaban J connectivity index is 1.31. The molecule has 0 saturated carbocycles. The van der Waals surface area contributed by atoms with Crippen LogP contribution in [-0.2, 0) is 15.7 Å².